The molecule has 0 fully saturated rings. The zero-order valence-corrected chi connectivity index (χ0v) is 19.4. The third kappa shape index (κ3) is 4.55. The molecule has 1 N–H and O–H groups in total. The predicted molar refractivity (Wildman–Crippen MR) is 133 cm³/mol. The minimum Gasteiger partial charge on any atom is -0.436 e. The van der Waals surface area contributed by atoms with Crippen LogP contribution in [0, 0.1) is 11.3 Å². The number of nitriles is 1. The third-order valence-corrected chi connectivity index (χ3v) is 5.82. The fraction of sp³-hybridized carbons (Fsp3) is 0.143. The second-order valence-electron chi connectivity index (χ2n) is 8.58. The summed E-state index contributed by atoms with van der Waals surface area (Å²) in [6.07, 6.45) is 3.62. The maximum absolute atomic E-state index is 12.7. The molecule has 35 heavy (non-hydrogen) atoms. The summed E-state index contributed by atoms with van der Waals surface area (Å²) in [6, 6.07) is 22.7. The van der Waals surface area contributed by atoms with E-state index in [0.717, 1.165) is 22.4 Å². The van der Waals surface area contributed by atoms with Crippen LogP contribution in [0.4, 0.5) is 0 Å². The van der Waals surface area contributed by atoms with Gasteiger partial charge >= 0.3 is 0 Å². The fourth-order valence-electron chi connectivity index (χ4n) is 3.91. The molecule has 0 radical (unpaired) electrons. The van der Waals surface area contributed by atoms with Crippen molar-refractivity contribution in [3.63, 3.8) is 0 Å². The molecule has 0 spiro atoms. The highest BCUT2D eigenvalue weighted by molar-refractivity contribution is 5.94. The van der Waals surface area contributed by atoms with E-state index in [1.165, 1.54) is 0 Å². The van der Waals surface area contributed by atoms with E-state index in [-0.39, 0.29) is 11.8 Å². The van der Waals surface area contributed by atoms with Crippen molar-refractivity contribution in [3.05, 3.63) is 101 Å². The predicted octanol–water partition coefficient (Wildman–Crippen LogP) is 5.61. The van der Waals surface area contributed by atoms with Crippen LogP contribution in [0.1, 0.15) is 46.8 Å². The highest BCUT2D eigenvalue weighted by Crippen LogP contribution is 2.31. The number of hydrogen-bond donors (Lipinski definition) is 1. The van der Waals surface area contributed by atoms with Gasteiger partial charge in [-0.3, -0.25) is 4.79 Å². The molecular formula is C28H23N5O2. The molecule has 5 rings (SSSR count). The lowest BCUT2D eigenvalue weighted by Gasteiger charge is -2.07. The van der Waals surface area contributed by atoms with Crippen LogP contribution in [-0.2, 0) is 6.54 Å². The Kier molecular flexibility index (Phi) is 5.86. The number of fused-ring (bicyclic) bond motifs is 1. The average Bonchev–Trinajstić information content (AvgIpc) is 3.57. The second-order valence-corrected chi connectivity index (χ2v) is 8.58. The van der Waals surface area contributed by atoms with Gasteiger partial charge in [-0.15, -0.1) is 0 Å². The smallest absolute Gasteiger partial charge is 0.251 e. The molecule has 0 aliphatic carbocycles. The average molecular weight is 462 g/mol. The molecule has 5 aromatic rings. The van der Waals surface area contributed by atoms with Crippen LogP contribution in [0.5, 0.6) is 0 Å². The van der Waals surface area contributed by atoms with Gasteiger partial charge in [0.1, 0.15) is 5.52 Å². The zero-order valence-electron chi connectivity index (χ0n) is 19.4. The van der Waals surface area contributed by atoms with Crippen LogP contribution in [0.15, 0.2) is 83.5 Å². The summed E-state index contributed by atoms with van der Waals surface area (Å²) < 4.78 is 7.85. The van der Waals surface area contributed by atoms with Crippen molar-refractivity contribution in [1.29, 1.82) is 5.26 Å². The van der Waals surface area contributed by atoms with E-state index in [9.17, 15) is 10.1 Å². The van der Waals surface area contributed by atoms with Crippen LogP contribution in [0.3, 0.4) is 0 Å². The molecule has 2 aromatic heterocycles. The Hall–Kier alpha value is -4.70. The Labute approximate surface area is 202 Å². The largest absolute Gasteiger partial charge is 0.436 e. The van der Waals surface area contributed by atoms with Crippen molar-refractivity contribution in [2.24, 2.45) is 0 Å². The lowest BCUT2D eigenvalue weighted by Crippen LogP contribution is -2.22. The fourth-order valence-corrected chi connectivity index (χ4v) is 3.91. The molecule has 7 nitrogen and oxygen atoms in total. The number of benzene rings is 3. The Morgan fingerprint density at radius 2 is 1.89 bits per heavy atom. The Balaban J connectivity index is 1.29. The van der Waals surface area contributed by atoms with E-state index in [1.54, 1.807) is 29.1 Å². The quantitative estimate of drug-likeness (QED) is 0.355. The number of oxazole rings is 1. The summed E-state index contributed by atoms with van der Waals surface area (Å²) in [4.78, 5) is 17.2. The van der Waals surface area contributed by atoms with Crippen molar-refractivity contribution in [3.8, 4) is 23.2 Å². The lowest BCUT2D eigenvalue weighted by molar-refractivity contribution is 0.0951. The molecule has 0 aliphatic heterocycles. The number of hydrogen-bond acceptors (Lipinski definition) is 5. The number of rotatable bonds is 6. The number of amides is 1. The van der Waals surface area contributed by atoms with E-state index in [2.05, 4.69) is 35.3 Å². The highest BCUT2D eigenvalue weighted by atomic mass is 16.3. The van der Waals surface area contributed by atoms with Crippen molar-refractivity contribution < 1.29 is 9.21 Å². The van der Waals surface area contributed by atoms with Crippen LogP contribution in [0.2, 0.25) is 0 Å². The molecule has 0 atom stereocenters. The van der Waals surface area contributed by atoms with E-state index >= 15 is 0 Å². The third-order valence-electron chi connectivity index (χ3n) is 5.82. The summed E-state index contributed by atoms with van der Waals surface area (Å²) in [7, 11) is 0. The first-order valence-electron chi connectivity index (χ1n) is 11.3. The minimum absolute atomic E-state index is 0.161. The van der Waals surface area contributed by atoms with Gasteiger partial charge < -0.3 is 9.73 Å². The molecule has 2 heterocycles. The highest BCUT2D eigenvalue weighted by Gasteiger charge is 2.16. The monoisotopic (exact) mass is 461 g/mol. The van der Waals surface area contributed by atoms with Gasteiger partial charge in [-0.1, -0.05) is 26.0 Å². The number of carbonyl (C=O) groups is 1. The molecule has 172 valence electrons. The maximum atomic E-state index is 12.7. The zero-order chi connectivity index (χ0) is 24.4. The van der Waals surface area contributed by atoms with E-state index in [1.807, 2.05) is 54.7 Å². The first kappa shape index (κ1) is 22.1. The van der Waals surface area contributed by atoms with Gasteiger partial charge in [-0.25, -0.2) is 9.67 Å². The van der Waals surface area contributed by atoms with E-state index < -0.39 is 0 Å². The number of aromatic nitrogens is 3. The normalized spacial score (nSPS) is 11.0. The van der Waals surface area contributed by atoms with Gasteiger partial charge in [-0.05, 0) is 66.1 Å². The van der Waals surface area contributed by atoms with Gasteiger partial charge in [-0.2, -0.15) is 10.4 Å². The standard InChI is InChI=1S/C28H23N5O2/c1-18(2)24-14-20(16-29)15-25-26(24)35-28(32-25)22-8-6-21(7-9-22)27(34)30-17-19-4-10-23(11-5-19)33-13-3-12-31-33/h3-15,18H,17H2,1-2H3,(H,30,34). The van der Waals surface area contributed by atoms with Crippen molar-refractivity contribution in [2.45, 2.75) is 26.3 Å². The summed E-state index contributed by atoms with van der Waals surface area (Å²) in [6.45, 7) is 4.53. The SMILES string of the molecule is CC(C)c1cc(C#N)cc2nc(-c3ccc(C(=O)NCc4ccc(-n5cccn5)cc4)cc3)oc12. The Morgan fingerprint density at radius 1 is 1.11 bits per heavy atom. The Morgan fingerprint density at radius 3 is 2.54 bits per heavy atom. The molecule has 0 bridgehead atoms. The van der Waals surface area contributed by atoms with Gasteiger partial charge in [0.15, 0.2) is 5.58 Å². The number of nitrogens with one attached hydrogen (secondary N) is 1. The molecule has 0 unspecified atom stereocenters. The van der Waals surface area contributed by atoms with Gasteiger partial charge in [0.2, 0.25) is 5.89 Å². The van der Waals surface area contributed by atoms with Gasteiger partial charge in [0.05, 0.1) is 17.3 Å². The van der Waals surface area contributed by atoms with Crippen molar-refractivity contribution in [1.82, 2.24) is 20.1 Å². The molecule has 3 aromatic carbocycles. The first-order chi connectivity index (χ1) is 17.0. The first-order valence-corrected chi connectivity index (χ1v) is 11.3. The number of nitrogens with zero attached hydrogens (tertiary/aromatic N) is 4. The van der Waals surface area contributed by atoms with E-state index in [4.69, 9.17) is 4.42 Å². The molecule has 0 aliphatic rings. The topological polar surface area (TPSA) is 96.7 Å². The van der Waals surface area contributed by atoms with Crippen LogP contribution < -0.4 is 5.32 Å². The summed E-state index contributed by atoms with van der Waals surface area (Å²) in [5.41, 5.74) is 6.13. The second kappa shape index (κ2) is 9.27. The van der Waals surface area contributed by atoms with Crippen molar-refractivity contribution >= 4 is 17.0 Å². The van der Waals surface area contributed by atoms with Crippen molar-refractivity contribution in [2.75, 3.05) is 0 Å². The summed E-state index contributed by atoms with van der Waals surface area (Å²) in [5.74, 6) is 0.492. The van der Waals surface area contributed by atoms with Crippen LogP contribution in [0.25, 0.3) is 28.2 Å². The Bertz CT molecular complexity index is 1520. The van der Waals surface area contributed by atoms with Crippen LogP contribution in [-0.4, -0.2) is 20.7 Å². The summed E-state index contributed by atoms with van der Waals surface area (Å²) >= 11 is 0. The molecular weight excluding hydrogens is 438 g/mol. The minimum atomic E-state index is -0.161. The van der Waals surface area contributed by atoms with Gasteiger partial charge in [0, 0.05) is 35.6 Å². The number of carbonyl (C=O) groups excluding carboxylic acids is 1. The molecule has 7 heteroatoms. The summed E-state index contributed by atoms with van der Waals surface area (Å²) in [5, 5.41) is 16.5. The molecule has 0 saturated carbocycles. The van der Waals surface area contributed by atoms with Crippen LogP contribution >= 0.6 is 0 Å². The molecule has 1 amide bonds. The molecule has 0 saturated heterocycles. The maximum Gasteiger partial charge on any atom is 0.251 e. The lowest BCUT2D eigenvalue weighted by atomic mass is 10.00. The van der Waals surface area contributed by atoms with Gasteiger partial charge in [0.25, 0.3) is 5.91 Å². The van der Waals surface area contributed by atoms with E-state index in [0.29, 0.717) is 34.7 Å².